The van der Waals surface area contributed by atoms with E-state index in [0.717, 1.165) is 0 Å². The minimum atomic E-state index is -0.715. The van der Waals surface area contributed by atoms with Crippen LogP contribution in [-0.4, -0.2) is 18.3 Å². The van der Waals surface area contributed by atoms with Gasteiger partial charge in [0.25, 0.3) is 0 Å². The number of hydrogen-bond acceptors (Lipinski definition) is 2. The van der Waals surface area contributed by atoms with Crippen LogP contribution in [0, 0.1) is 12.7 Å². The Balaban J connectivity index is 2.38. The molecule has 0 aromatic heterocycles. The van der Waals surface area contributed by atoms with Crippen LogP contribution in [0.4, 0.5) is 4.39 Å². The third-order valence-corrected chi connectivity index (χ3v) is 4.19. The Hall–Kier alpha value is -0.575. The fourth-order valence-electron chi connectivity index (χ4n) is 1.81. The van der Waals surface area contributed by atoms with Crippen molar-refractivity contribution in [1.29, 1.82) is 0 Å². The van der Waals surface area contributed by atoms with E-state index < -0.39 is 18.3 Å². The highest BCUT2D eigenvalue weighted by Crippen LogP contribution is 2.36. The summed E-state index contributed by atoms with van der Waals surface area (Å²) < 4.78 is 25.6. The van der Waals surface area contributed by atoms with Crippen molar-refractivity contribution in [1.82, 2.24) is 0 Å². The molecule has 98 valence electrons. The first-order valence-corrected chi connectivity index (χ1v) is 6.33. The molecule has 1 aromatic carbocycles. The van der Waals surface area contributed by atoms with Crippen molar-refractivity contribution < 1.29 is 13.7 Å². The second kappa shape index (κ2) is 4.22. The lowest BCUT2D eigenvalue weighted by molar-refractivity contribution is 0.00578. The summed E-state index contributed by atoms with van der Waals surface area (Å²) in [6.07, 6.45) is 0. The van der Waals surface area contributed by atoms with E-state index in [1.165, 1.54) is 6.07 Å². The molecular weight excluding hydrogens is 253 g/mol. The smallest absolute Gasteiger partial charge is 0.399 e. The minimum Gasteiger partial charge on any atom is -0.399 e. The first-order valence-electron chi connectivity index (χ1n) is 5.95. The van der Waals surface area contributed by atoms with Crippen molar-refractivity contribution in [2.24, 2.45) is 0 Å². The third-order valence-electron chi connectivity index (χ3n) is 3.79. The van der Waals surface area contributed by atoms with Gasteiger partial charge in [0.15, 0.2) is 0 Å². The Morgan fingerprint density at radius 3 is 2.11 bits per heavy atom. The predicted octanol–water partition coefficient (Wildman–Crippen LogP) is 3.09. The zero-order chi connectivity index (χ0) is 13.7. The summed E-state index contributed by atoms with van der Waals surface area (Å²) >= 11 is 6.03. The lowest BCUT2D eigenvalue weighted by Gasteiger charge is -2.32. The van der Waals surface area contributed by atoms with Gasteiger partial charge in [-0.2, -0.15) is 0 Å². The molecule has 0 unspecified atom stereocenters. The highest BCUT2D eigenvalue weighted by atomic mass is 35.5. The van der Waals surface area contributed by atoms with Crippen LogP contribution in [0.15, 0.2) is 12.1 Å². The molecule has 0 atom stereocenters. The first-order chi connectivity index (χ1) is 8.14. The largest absolute Gasteiger partial charge is 0.497 e. The van der Waals surface area contributed by atoms with Gasteiger partial charge in [0, 0.05) is 10.5 Å². The van der Waals surface area contributed by atoms with Gasteiger partial charge in [0.1, 0.15) is 5.82 Å². The van der Waals surface area contributed by atoms with Crippen molar-refractivity contribution in [3.8, 4) is 0 Å². The van der Waals surface area contributed by atoms with E-state index in [-0.39, 0.29) is 5.82 Å². The summed E-state index contributed by atoms with van der Waals surface area (Å²) in [4.78, 5) is 0. The minimum absolute atomic E-state index is 0.351. The lowest BCUT2D eigenvalue weighted by Crippen LogP contribution is -2.41. The molecule has 0 radical (unpaired) electrons. The summed E-state index contributed by atoms with van der Waals surface area (Å²) in [6, 6.07) is 2.98. The van der Waals surface area contributed by atoms with Crippen molar-refractivity contribution in [3.63, 3.8) is 0 Å². The quantitative estimate of drug-likeness (QED) is 0.730. The van der Waals surface area contributed by atoms with E-state index in [2.05, 4.69) is 0 Å². The lowest BCUT2D eigenvalue weighted by atomic mass is 9.78. The average molecular weight is 271 g/mol. The van der Waals surface area contributed by atoms with Crippen molar-refractivity contribution >= 4 is 24.2 Å². The molecule has 1 aromatic rings. The molecule has 5 heteroatoms. The van der Waals surface area contributed by atoms with E-state index in [4.69, 9.17) is 20.9 Å². The normalized spacial score (nSPS) is 21.4. The van der Waals surface area contributed by atoms with Gasteiger partial charge in [0.05, 0.1) is 11.2 Å². The predicted molar refractivity (Wildman–Crippen MR) is 71.9 cm³/mol. The number of aryl methyl sites for hydroxylation is 1. The average Bonchev–Trinajstić information content (AvgIpc) is 2.42. The molecule has 1 aliphatic heterocycles. The summed E-state index contributed by atoms with van der Waals surface area (Å²) in [5.41, 5.74) is 0.0850. The van der Waals surface area contributed by atoms with Crippen molar-refractivity contribution in [2.75, 3.05) is 0 Å². The zero-order valence-electron chi connectivity index (χ0n) is 11.3. The molecule has 1 saturated heterocycles. The molecule has 1 fully saturated rings. The summed E-state index contributed by atoms with van der Waals surface area (Å²) in [6.45, 7) is 9.49. The third kappa shape index (κ3) is 2.17. The molecule has 1 aliphatic rings. The summed E-state index contributed by atoms with van der Waals surface area (Å²) in [5.74, 6) is -0.351. The monoisotopic (exact) mass is 270 g/mol. The van der Waals surface area contributed by atoms with Gasteiger partial charge in [-0.05, 0) is 52.3 Å². The van der Waals surface area contributed by atoms with E-state index in [0.29, 0.717) is 16.0 Å². The summed E-state index contributed by atoms with van der Waals surface area (Å²) in [5, 5.41) is 0.515. The van der Waals surface area contributed by atoms with E-state index >= 15 is 0 Å². The fourth-order valence-corrected chi connectivity index (χ4v) is 1.98. The van der Waals surface area contributed by atoms with Gasteiger partial charge >= 0.3 is 7.12 Å². The molecule has 0 N–H and O–H groups in total. The topological polar surface area (TPSA) is 18.5 Å². The molecule has 0 bridgehead atoms. The Morgan fingerprint density at radius 2 is 1.61 bits per heavy atom. The Morgan fingerprint density at radius 1 is 1.11 bits per heavy atom. The molecule has 0 aliphatic carbocycles. The maximum atomic E-state index is 14.0. The molecule has 0 amide bonds. The van der Waals surface area contributed by atoms with Gasteiger partial charge < -0.3 is 9.31 Å². The van der Waals surface area contributed by atoms with Gasteiger partial charge in [-0.15, -0.1) is 0 Å². The van der Waals surface area contributed by atoms with Crippen LogP contribution in [0.2, 0.25) is 5.02 Å². The van der Waals surface area contributed by atoms with Crippen LogP contribution in [0.3, 0.4) is 0 Å². The van der Waals surface area contributed by atoms with Crippen LogP contribution in [0.5, 0.6) is 0 Å². The number of rotatable bonds is 1. The maximum absolute atomic E-state index is 14.0. The van der Waals surface area contributed by atoms with Crippen LogP contribution in [0.1, 0.15) is 33.3 Å². The fraction of sp³-hybridized carbons (Fsp3) is 0.538. The second-order valence-corrected chi connectivity index (χ2v) is 6.12. The van der Waals surface area contributed by atoms with Crippen LogP contribution < -0.4 is 5.46 Å². The molecule has 2 nitrogen and oxygen atoms in total. The van der Waals surface area contributed by atoms with Crippen molar-refractivity contribution in [3.05, 3.63) is 28.5 Å². The second-order valence-electron chi connectivity index (χ2n) is 5.71. The van der Waals surface area contributed by atoms with Crippen LogP contribution in [0.25, 0.3) is 0 Å². The van der Waals surface area contributed by atoms with Gasteiger partial charge in [0.2, 0.25) is 0 Å². The molecule has 1 heterocycles. The standard InChI is InChI=1S/C13H17BClFO2/c1-8-6-11(16)9(7-10(8)15)14-17-12(2,3)13(4,5)18-14/h6-7H,1-5H3. The molecule has 18 heavy (non-hydrogen) atoms. The number of benzene rings is 1. The molecule has 2 rings (SSSR count). The SMILES string of the molecule is Cc1cc(F)c(B2OC(C)(C)C(C)(C)O2)cc1Cl. The Labute approximate surface area is 113 Å². The zero-order valence-corrected chi connectivity index (χ0v) is 12.1. The summed E-state index contributed by atoms with van der Waals surface area (Å²) in [7, 11) is -0.715. The van der Waals surface area contributed by atoms with Crippen LogP contribution >= 0.6 is 11.6 Å². The van der Waals surface area contributed by atoms with Crippen molar-refractivity contribution in [2.45, 2.75) is 45.8 Å². The molecule has 0 spiro atoms. The van der Waals surface area contributed by atoms with E-state index in [1.807, 2.05) is 27.7 Å². The number of halogens is 2. The van der Waals surface area contributed by atoms with Crippen LogP contribution in [-0.2, 0) is 9.31 Å². The Bertz CT molecular complexity index is 472. The molecule has 0 saturated carbocycles. The van der Waals surface area contributed by atoms with E-state index in [9.17, 15) is 4.39 Å². The highest BCUT2D eigenvalue weighted by molar-refractivity contribution is 6.62. The van der Waals surface area contributed by atoms with Gasteiger partial charge in [-0.25, -0.2) is 4.39 Å². The molecular formula is C13H17BClFO2. The Kier molecular flexibility index (Phi) is 3.25. The number of hydrogen-bond donors (Lipinski definition) is 0. The maximum Gasteiger partial charge on any atom is 0.497 e. The van der Waals surface area contributed by atoms with Gasteiger partial charge in [-0.3, -0.25) is 0 Å². The highest BCUT2D eigenvalue weighted by Gasteiger charge is 2.52. The van der Waals surface area contributed by atoms with Gasteiger partial charge in [-0.1, -0.05) is 11.6 Å². The first kappa shape index (κ1) is 13.8. The van der Waals surface area contributed by atoms with E-state index in [1.54, 1.807) is 13.0 Å².